The lowest BCUT2D eigenvalue weighted by Gasteiger charge is -2.14. The second-order valence-corrected chi connectivity index (χ2v) is 8.39. The van der Waals surface area contributed by atoms with Crippen LogP contribution >= 0.6 is 35.6 Å². The molecule has 1 aliphatic rings. The van der Waals surface area contributed by atoms with E-state index in [-0.39, 0.29) is 11.2 Å². The fourth-order valence-electron chi connectivity index (χ4n) is 2.70. The molecule has 0 saturated carbocycles. The number of carbonyl (C=O) groups is 1. The van der Waals surface area contributed by atoms with Gasteiger partial charge in [0.15, 0.2) is 0 Å². The van der Waals surface area contributed by atoms with Crippen LogP contribution in [-0.4, -0.2) is 40.6 Å². The Hall–Kier alpha value is -1.60. The normalized spacial score (nSPS) is 16.8. The van der Waals surface area contributed by atoms with Gasteiger partial charge in [0.25, 0.3) is 0 Å². The van der Waals surface area contributed by atoms with Crippen LogP contribution in [0.4, 0.5) is 0 Å². The Labute approximate surface area is 173 Å². The first kappa shape index (κ1) is 20.1. The molecule has 1 atom stereocenters. The van der Waals surface area contributed by atoms with Crippen LogP contribution in [0.25, 0.3) is 0 Å². The monoisotopic (exact) mass is 421 g/mol. The van der Waals surface area contributed by atoms with E-state index >= 15 is 0 Å². The molecule has 2 aromatic carbocycles. The van der Waals surface area contributed by atoms with Gasteiger partial charge in [0, 0.05) is 12.1 Å². The molecule has 27 heavy (non-hydrogen) atoms. The first-order valence-corrected chi connectivity index (χ1v) is 10.2. The van der Waals surface area contributed by atoms with Gasteiger partial charge in [-0.15, -0.1) is 0 Å². The van der Waals surface area contributed by atoms with Gasteiger partial charge >= 0.3 is 0 Å². The Morgan fingerprint density at radius 1 is 1.11 bits per heavy atom. The molecule has 4 nitrogen and oxygen atoms in total. The number of hydrogen-bond donors (Lipinski definition) is 0. The number of halogens is 1. The molecule has 142 valence electrons. The molecule has 0 aromatic heterocycles. The minimum Gasteiger partial charge on any atom is -0.489 e. The third kappa shape index (κ3) is 5.45. The molecule has 1 amide bonds. The van der Waals surface area contributed by atoms with E-state index in [9.17, 15) is 4.79 Å². The van der Waals surface area contributed by atoms with Crippen LogP contribution in [0, 0.1) is 0 Å². The predicted molar refractivity (Wildman–Crippen MR) is 113 cm³/mol. The lowest BCUT2D eigenvalue weighted by Crippen LogP contribution is -2.34. The second-order valence-electron chi connectivity index (χ2n) is 6.12. The van der Waals surface area contributed by atoms with E-state index in [1.54, 1.807) is 12.0 Å². The molecule has 1 fully saturated rings. The van der Waals surface area contributed by atoms with Crippen molar-refractivity contribution in [3.05, 3.63) is 64.7 Å². The minimum absolute atomic E-state index is 0.0603. The van der Waals surface area contributed by atoms with Crippen LogP contribution in [-0.2, 0) is 22.6 Å². The van der Waals surface area contributed by atoms with Gasteiger partial charge in [-0.25, -0.2) is 0 Å². The van der Waals surface area contributed by atoms with Crippen LogP contribution in [0.5, 0.6) is 5.75 Å². The van der Waals surface area contributed by atoms with Gasteiger partial charge < -0.3 is 9.47 Å². The Morgan fingerprint density at radius 3 is 2.44 bits per heavy atom. The molecule has 2 aromatic rings. The second kappa shape index (κ2) is 9.55. The third-order valence-corrected chi connectivity index (χ3v) is 6.02. The van der Waals surface area contributed by atoms with Crippen molar-refractivity contribution < 1.29 is 14.3 Å². The number of benzene rings is 2. The molecule has 0 aliphatic carbocycles. The van der Waals surface area contributed by atoms with Gasteiger partial charge in [0.05, 0.1) is 18.4 Å². The summed E-state index contributed by atoms with van der Waals surface area (Å²) >= 11 is 12.7. The Kier molecular flexibility index (Phi) is 7.13. The highest BCUT2D eigenvalue weighted by Crippen LogP contribution is 2.30. The van der Waals surface area contributed by atoms with E-state index in [0.29, 0.717) is 35.5 Å². The van der Waals surface area contributed by atoms with Crippen molar-refractivity contribution in [3.8, 4) is 5.75 Å². The number of amides is 1. The Balaban J connectivity index is 1.54. The molecule has 7 heteroatoms. The number of ether oxygens (including phenoxy) is 2. The number of thioether (sulfide) groups is 1. The van der Waals surface area contributed by atoms with Crippen molar-refractivity contribution in [2.75, 3.05) is 20.3 Å². The molecule has 1 saturated heterocycles. The summed E-state index contributed by atoms with van der Waals surface area (Å²) in [6.45, 7) is 1.48. The van der Waals surface area contributed by atoms with E-state index in [2.05, 4.69) is 0 Å². The van der Waals surface area contributed by atoms with Crippen molar-refractivity contribution >= 4 is 45.8 Å². The molecule has 3 rings (SSSR count). The highest BCUT2D eigenvalue weighted by molar-refractivity contribution is 8.24. The molecular weight excluding hydrogens is 402 g/mol. The van der Waals surface area contributed by atoms with Crippen molar-refractivity contribution in [1.29, 1.82) is 0 Å². The predicted octanol–water partition coefficient (Wildman–Crippen LogP) is 4.34. The van der Waals surface area contributed by atoms with Crippen LogP contribution in [0.3, 0.4) is 0 Å². The average molecular weight is 422 g/mol. The quantitative estimate of drug-likeness (QED) is 0.593. The van der Waals surface area contributed by atoms with E-state index in [1.807, 2.05) is 48.5 Å². The summed E-state index contributed by atoms with van der Waals surface area (Å²) in [5, 5.41) is 0.540. The van der Waals surface area contributed by atoms with Crippen LogP contribution in [0.2, 0.25) is 5.02 Å². The van der Waals surface area contributed by atoms with Gasteiger partial charge in [-0.05, 0) is 41.8 Å². The zero-order chi connectivity index (χ0) is 19.2. The number of methoxy groups -OCH3 is 1. The SMILES string of the molecule is COCCN1C(=O)[C@H](Cc2ccc(OCc3ccc(Cl)cc3)cc2)SC1=S. The van der Waals surface area contributed by atoms with Gasteiger partial charge in [0.2, 0.25) is 5.91 Å². The fraction of sp³-hybridized carbons (Fsp3) is 0.300. The van der Waals surface area contributed by atoms with Crippen molar-refractivity contribution in [2.45, 2.75) is 18.3 Å². The molecule has 0 N–H and O–H groups in total. The van der Waals surface area contributed by atoms with Gasteiger partial charge in [-0.1, -0.05) is 59.8 Å². The topological polar surface area (TPSA) is 38.8 Å². The zero-order valence-corrected chi connectivity index (χ0v) is 17.3. The van der Waals surface area contributed by atoms with E-state index in [1.165, 1.54) is 11.8 Å². The smallest absolute Gasteiger partial charge is 0.242 e. The van der Waals surface area contributed by atoms with Crippen molar-refractivity contribution in [3.63, 3.8) is 0 Å². The first-order chi connectivity index (χ1) is 13.1. The Bertz CT molecular complexity index is 796. The minimum atomic E-state index is -0.171. The summed E-state index contributed by atoms with van der Waals surface area (Å²) in [5.41, 5.74) is 2.14. The number of hydrogen-bond acceptors (Lipinski definition) is 5. The highest BCUT2D eigenvalue weighted by Gasteiger charge is 2.36. The molecule has 0 spiro atoms. The standard InChI is InChI=1S/C20H20ClNO3S2/c1-24-11-10-22-19(23)18(27-20(22)26)12-14-4-8-17(9-5-14)25-13-15-2-6-16(21)7-3-15/h2-9,18H,10-13H2,1H3/t18-/m0/s1. The van der Waals surface area contributed by atoms with Crippen LogP contribution in [0.1, 0.15) is 11.1 Å². The summed E-state index contributed by atoms with van der Waals surface area (Å²) in [5.74, 6) is 0.849. The number of carbonyl (C=O) groups excluding carboxylic acids is 1. The van der Waals surface area contributed by atoms with Crippen molar-refractivity contribution in [1.82, 2.24) is 4.90 Å². The molecular formula is C20H20ClNO3S2. The molecule has 1 aliphatic heterocycles. The van der Waals surface area contributed by atoms with Gasteiger partial charge in [-0.2, -0.15) is 0 Å². The summed E-state index contributed by atoms with van der Waals surface area (Å²) in [6, 6.07) is 15.4. The highest BCUT2D eigenvalue weighted by atomic mass is 35.5. The summed E-state index contributed by atoms with van der Waals surface area (Å²) in [6.07, 6.45) is 0.643. The maximum Gasteiger partial charge on any atom is 0.242 e. The van der Waals surface area contributed by atoms with E-state index in [4.69, 9.17) is 33.3 Å². The zero-order valence-electron chi connectivity index (χ0n) is 14.9. The maximum atomic E-state index is 12.5. The number of rotatable bonds is 8. The lowest BCUT2D eigenvalue weighted by atomic mass is 10.1. The van der Waals surface area contributed by atoms with Gasteiger partial charge in [-0.3, -0.25) is 9.69 Å². The molecule has 0 radical (unpaired) electrons. The first-order valence-electron chi connectivity index (χ1n) is 8.54. The summed E-state index contributed by atoms with van der Waals surface area (Å²) < 4.78 is 11.5. The lowest BCUT2D eigenvalue weighted by molar-refractivity contribution is -0.126. The van der Waals surface area contributed by atoms with Crippen molar-refractivity contribution in [2.24, 2.45) is 0 Å². The number of thiocarbonyl (C=S) groups is 1. The van der Waals surface area contributed by atoms with Crippen LogP contribution < -0.4 is 4.74 Å². The average Bonchev–Trinajstić information content (AvgIpc) is 2.94. The summed E-state index contributed by atoms with van der Waals surface area (Å²) in [4.78, 5) is 14.1. The van der Waals surface area contributed by atoms with Gasteiger partial charge in [0.1, 0.15) is 16.7 Å². The molecule has 0 bridgehead atoms. The maximum absolute atomic E-state index is 12.5. The Morgan fingerprint density at radius 2 is 1.78 bits per heavy atom. The summed E-state index contributed by atoms with van der Waals surface area (Å²) in [7, 11) is 1.62. The number of nitrogens with zero attached hydrogens (tertiary/aromatic N) is 1. The molecule has 0 unspecified atom stereocenters. The third-order valence-electron chi connectivity index (χ3n) is 4.19. The van der Waals surface area contributed by atoms with Crippen LogP contribution in [0.15, 0.2) is 48.5 Å². The van der Waals surface area contributed by atoms with E-state index in [0.717, 1.165) is 16.9 Å². The molecule has 1 heterocycles. The largest absolute Gasteiger partial charge is 0.489 e. The van der Waals surface area contributed by atoms with E-state index < -0.39 is 0 Å². The fourth-order valence-corrected chi connectivity index (χ4v) is 4.41.